The smallest absolute Gasteiger partial charge is 0.255 e. The van der Waals surface area contributed by atoms with Crippen LogP contribution >= 0.6 is 11.8 Å². The number of nitrogens with one attached hydrogen (secondary N) is 3. The average Bonchev–Trinajstić information content (AvgIpc) is 3.23. The number of hydrogen-bond acceptors (Lipinski definition) is 8. The van der Waals surface area contributed by atoms with E-state index >= 15 is 0 Å². The highest BCUT2D eigenvalue weighted by Gasteiger charge is 2.15. The quantitative estimate of drug-likeness (QED) is 0.418. The van der Waals surface area contributed by atoms with Gasteiger partial charge >= 0.3 is 0 Å². The number of rotatable bonds is 9. The van der Waals surface area contributed by atoms with Crippen molar-refractivity contribution in [1.82, 2.24) is 15.2 Å². The van der Waals surface area contributed by atoms with Crippen molar-refractivity contribution in [2.45, 2.75) is 17.8 Å². The number of ether oxygens (including phenoxy) is 3. The van der Waals surface area contributed by atoms with Crippen molar-refractivity contribution in [2.24, 2.45) is 0 Å². The molecule has 1 aromatic heterocycles. The molecule has 0 aliphatic carbocycles. The van der Waals surface area contributed by atoms with Crippen LogP contribution in [0.1, 0.15) is 22.8 Å². The lowest BCUT2D eigenvalue weighted by molar-refractivity contribution is -0.114. The van der Waals surface area contributed by atoms with E-state index in [1.54, 1.807) is 30.3 Å². The van der Waals surface area contributed by atoms with E-state index in [0.29, 0.717) is 45.4 Å². The minimum Gasteiger partial charge on any atom is -0.493 e. The molecular weight excluding hydrogens is 434 g/mol. The Balaban J connectivity index is 1.69. The first-order valence-corrected chi connectivity index (χ1v) is 10.4. The number of anilines is 2. The van der Waals surface area contributed by atoms with Gasteiger partial charge in [0, 0.05) is 36.1 Å². The average molecular weight is 458 g/mol. The molecule has 3 N–H and O–H groups in total. The van der Waals surface area contributed by atoms with Crippen molar-refractivity contribution in [1.29, 1.82) is 0 Å². The van der Waals surface area contributed by atoms with Crippen LogP contribution in [0.5, 0.6) is 17.2 Å². The molecule has 0 saturated heterocycles. The molecule has 3 rings (SSSR count). The molecule has 3 aromatic rings. The van der Waals surface area contributed by atoms with Gasteiger partial charge in [0.2, 0.25) is 22.8 Å². The van der Waals surface area contributed by atoms with Gasteiger partial charge in [0.25, 0.3) is 5.91 Å². The van der Waals surface area contributed by atoms with Crippen LogP contribution in [0.3, 0.4) is 0 Å². The van der Waals surface area contributed by atoms with Gasteiger partial charge in [-0.05, 0) is 17.7 Å². The molecule has 0 unspecified atom stereocenters. The molecule has 1 heterocycles. The van der Waals surface area contributed by atoms with Crippen LogP contribution in [0.25, 0.3) is 0 Å². The van der Waals surface area contributed by atoms with Gasteiger partial charge in [-0.15, -0.1) is 5.10 Å². The maximum Gasteiger partial charge on any atom is 0.255 e. The number of methoxy groups -OCH3 is 3. The summed E-state index contributed by atoms with van der Waals surface area (Å²) < 4.78 is 16.0. The first-order valence-electron chi connectivity index (χ1n) is 9.46. The van der Waals surface area contributed by atoms with Gasteiger partial charge in [0.1, 0.15) is 0 Å². The summed E-state index contributed by atoms with van der Waals surface area (Å²) in [6.07, 6.45) is 0. The Morgan fingerprint density at radius 2 is 1.75 bits per heavy atom. The van der Waals surface area contributed by atoms with Crippen LogP contribution in [0.15, 0.2) is 41.6 Å². The molecule has 0 atom stereocenters. The molecule has 0 saturated carbocycles. The molecule has 168 valence electrons. The third-order valence-electron chi connectivity index (χ3n) is 4.24. The zero-order chi connectivity index (χ0) is 23.1. The number of aromatic nitrogens is 3. The van der Waals surface area contributed by atoms with E-state index in [4.69, 9.17) is 14.2 Å². The maximum atomic E-state index is 12.8. The molecule has 0 bridgehead atoms. The maximum absolute atomic E-state index is 12.8. The van der Waals surface area contributed by atoms with Crippen LogP contribution in [0.2, 0.25) is 0 Å². The zero-order valence-electron chi connectivity index (χ0n) is 18.0. The third-order valence-corrected chi connectivity index (χ3v) is 5.16. The molecule has 0 radical (unpaired) electrons. The van der Waals surface area contributed by atoms with Crippen molar-refractivity contribution in [3.05, 3.63) is 47.5 Å². The monoisotopic (exact) mass is 457 g/mol. The van der Waals surface area contributed by atoms with Crippen molar-refractivity contribution < 1.29 is 23.8 Å². The number of benzene rings is 2. The summed E-state index contributed by atoms with van der Waals surface area (Å²) in [5.41, 5.74) is 1.92. The highest BCUT2D eigenvalue weighted by atomic mass is 32.2. The minimum atomic E-state index is -0.281. The fourth-order valence-corrected chi connectivity index (χ4v) is 3.58. The molecule has 10 nitrogen and oxygen atoms in total. The largest absolute Gasteiger partial charge is 0.493 e. The number of hydrogen-bond donors (Lipinski definition) is 3. The lowest BCUT2D eigenvalue weighted by Gasteiger charge is -2.14. The van der Waals surface area contributed by atoms with Gasteiger partial charge in [-0.25, -0.2) is 5.10 Å². The molecular formula is C21H23N5O5S. The van der Waals surface area contributed by atoms with Gasteiger partial charge in [-0.3, -0.25) is 14.9 Å². The van der Waals surface area contributed by atoms with E-state index in [1.165, 1.54) is 40.0 Å². The molecule has 11 heteroatoms. The second-order valence-electron chi connectivity index (χ2n) is 6.50. The van der Waals surface area contributed by atoms with Crippen molar-refractivity contribution in [2.75, 3.05) is 32.0 Å². The fourth-order valence-electron chi connectivity index (χ4n) is 2.84. The number of H-pyrrole nitrogens is 1. The molecule has 0 fully saturated rings. The second-order valence-corrected chi connectivity index (χ2v) is 7.45. The predicted octanol–water partition coefficient (Wildman–Crippen LogP) is 3.33. The standard InChI is InChI=1S/C21H23N5O5S/c1-12(27)22-20-24-21(26-25-20)32-11-13-6-5-7-14(8-13)19(28)23-15-9-16(29-2)18(31-4)17(10-15)30-3/h5-10H,11H2,1-4H3,(H,23,28)(H2,22,24,25,26,27). The molecule has 0 aliphatic heterocycles. The number of thioether (sulfide) groups is 1. The number of amides is 2. The Kier molecular flexibility index (Phi) is 7.55. The van der Waals surface area contributed by atoms with Gasteiger partial charge in [-0.2, -0.15) is 4.98 Å². The topological polar surface area (TPSA) is 127 Å². The summed E-state index contributed by atoms with van der Waals surface area (Å²) in [6.45, 7) is 1.39. The summed E-state index contributed by atoms with van der Waals surface area (Å²) in [6, 6.07) is 10.6. The van der Waals surface area contributed by atoms with Crippen molar-refractivity contribution in [3.63, 3.8) is 0 Å². The third kappa shape index (κ3) is 5.70. The van der Waals surface area contributed by atoms with Gasteiger partial charge in [-0.1, -0.05) is 23.9 Å². The molecule has 0 aliphatic rings. The van der Waals surface area contributed by atoms with Crippen LogP contribution in [-0.2, 0) is 10.5 Å². The fraction of sp³-hybridized carbons (Fsp3) is 0.238. The van der Waals surface area contributed by atoms with Crippen LogP contribution < -0.4 is 24.8 Å². The number of nitrogens with zero attached hydrogens (tertiary/aromatic N) is 2. The summed E-state index contributed by atoms with van der Waals surface area (Å²) in [4.78, 5) is 28.1. The molecule has 2 amide bonds. The van der Waals surface area contributed by atoms with E-state index in [-0.39, 0.29) is 11.8 Å². The van der Waals surface area contributed by atoms with Gasteiger partial charge < -0.3 is 19.5 Å². The Hall–Kier alpha value is -3.73. The Bertz CT molecular complexity index is 1090. The summed E-state index contributed by atoms with van der Waals surface area (Å²) in [5.74, 6) is 1.65. The molecule has 32 heavy (non-hydrogen) atoms. The van der Waals surface area contributed by atoms with Gasteiger partial charge in [0.15, 0.2) is 11.5 Å². The molecule has 2 aromatic carbocycles. The predicted molar refractivity (Wildman–Crippen MR) is 121 cm³/mol. The van der Waals surface area contributed by atoms with E-state index in [1.807, 2.05) is 6.07 Å². The first-order chi connectivity index (χ1) is 15.4. The highest BCUT2D eigenvalue weighted by Crippen LogP contribution is 2.40. The lowest BCUT2D eigenvalue weighted by atomic mass is 10.1. The van der Waals surface area contributed by atoms with Crippen molar-refractivity contribution in [3.8, 4) is 17.2 Å². The SMILES string of the molecule is COc1cc(NC(=O)c2cccc(CSc3n[nH]c(NC(C)=O)n3)c2)cc(OC)c1OC. The van der Waals surface area contributed by atoms with Crippen LogP contribution in [-0.4, -0.2) is 48.3 Å². The number of carbonyl (C=O) groups is 2. The number of carbonyl (C=O) groups excluding carboxylic acids is 2. The van der Waals surface area contributed by atoms with Gasteiger partial charge in [0.05, 0.1) is 21.3 Å². The van der Waals surface area contributed by atoms with E-state index in [0.717, 1.165) is 5.56 Å². The lowest BCUT2D eigenvalue weighted by Crippen LogP contribution is -2.12. The highest BCUT2D eigenvalue weighted by molar-refractivity contribution is 7.98. The normalized spacial score (nSPS) is 10.4. The second kappa shape index (κ2) is 10.5. The van der Waals surface area contributed by atoms with Crippen LogP contribution in [0, 0.1) is 0 Å². The first kappa shape index (κ1) is 22.9. The van der Waals surface area contributed by atoms with Crippen LogP contribution in [0.4, 0.5) is 11.6 Å². The Labute approximate surface area is 189 Å². The summed E-state index contributed by atoms with van der Waals surface area (Å²) in [7, 11) is 4.54. The van der Waals surface area contributed by atoms with Crippen molar-refractivity contribution >= 4 is 35.2 Å². The van der Waals surface area contributed by atoms with E-state index in [2.05, 4.69) is 25.8 Å². The zero-order valence-corrected chi connectivity index (χ0v) is 18.8. The number of aromatic amines is 1. The minimum absolute atomic E-state index is 0.233. The Morgan fingerprint density at radius 3 is 2.38 bits per heavy atom. The Morgan fingerprint density at radius 1 is 1.03 bits per heavy atom. The summed E-state index contributed by atoms with van der Waals surface area (Å²) >= 11 is 1.38. The molecule has 0 spiro atoms. The van der Waals surface area contributed by atoms with E-state index in [9.17, 15) is 9.59 Å². The van der Waals surface area contributed by atoms with E-state index < -0.39 is 0 Å². The summed E-state index contributed by atoms with van der Waals surface area (Å²) in [5, 5.41) is 12.6.